The van der Waals surface area contributed by atoms with Crippen LogP contribution in [0.25, 0.3) is 0 Å². The third-order valence-corrected chi connectivity index (χ3v) is 8.76. The summed E-state index contributed by atoms with van der Waals surface area (Å²) in [5.74, 6) is -5.10. The number of esters is 2. The zero-order valence-electron chi connectivity index (χ0n) is 13.0. The maximum atomic E-state index is 12.9. The van der Waals surface area contributed by atoms with Crippen LogP contribution in [0.3, 0.4) is 0 Å². The lowest BCUT2D eigenvalue weighted by Crippen LogP contribution is -2.36. The largest absolute Gasteiger partial charge is 0.458 e. The summed E-state index contributed by atoms with van der Waals surface area (Å²) >= 11 is 3.53. The van der Waals surface area contributed by atoms with E-state index in [1.54, 1.807) is 23.5 Å². The molecule has 0 N–H and O–H groups in total. The van der Waals surface area contributed by atoms with Crippen molar-refractivity contribution in [3.05, 3.63) is 0 Å². The van der Waals surface area contributed by atoms with Crippen LogP contribution in [-0.2, 0) is 23.8 Å². The molecular formula is C15H18F2O5S2. The highest BCUT2D eigenvalue weighted by molar-refractivity contribution is 8.22. The van der Waals surface area contributed by atoms with E-state index in [2.05, 4.69) is 0 Å². The lowest BCUT2D eigenvalue weighted by Gasteiger charge is -2.36. The molecule has 1 spiro atoms. The number of ether oxygens (including phenoxy) is 3. The summed E-state index contributed by atoms with van der Waals surface area (Å²) in [5, 5.41) is 0.130. The first kappa shape index (κ1) is 16.9. The van der Waals surface area contributed by atoms with E-state index >= 15 is 0 Å². The molecule has 3 saturated heterocycles. The highest BCUT2D eigenvalue weighted by atomic mass is 32.2. The number of hydrogen-bond acceptors (Lipinski definition) is 7. The first-order chi connectivity index (χ1) is 11.3. The van der Waals surface area contributed by atoms with Crippen LogP contribution >= 0.6 is 23.5 Å². The molecule has 3 aliphatic heterocycles. The molecule has 0 aromatic carbocycles. The van der Waals surface area contributed by atoms with Crippen LogP contribution in [0, 0.1) is 0 Å². The smallest absolute Gasteiger partial charge is 0.376 e. The molecule has 5 nitrogen and oxygen atoms in total. The third kappa shape index (κ3) is 2.92. The molecule has 0 aromatic rings. The Balaban J connectivity index is 1.34. The van der Waals surface area contributed by atoms with Gasteiger partial charge in [0.1, 0.15) is 23.7 Å². The van der Waals surface area contributed by atoms with E-state index in [9.17, 15) is 18.4 Å². The summed E-state index contributed by atoms with van der Waals surface area (Å²) in [7, 11) is 0. The number of rotatable bonds is 2. The van der Waals surface area contributed by atoms with Gasteiger partial charge in [0.2, 0.25) is 0 Å². The molecule has 4 atom stereocenters. The minimum Gasteiger partial charge on any atom is -0.458 e. The number of thioether (sulfide) groups is 2. The SMILES string of the molecule is CC(F)(F)C(=O)OC1CCC2(CC1)SC1OC3CC(=O)OC3C1S2. The van der Waals surface area contributed by atoms with E-state index < -0.39 is 18.0 Å². The second kappa shape index (κ2) is 5.74. The van der Waals surface area contributed by atoms with Crippen molar-refractivity contribution in [3.8, 4) is 0 Å². The molecule has 0 aromatic heterocycles. The fraction of sp³-hybridized carbons (Fsp3) is 0.867. The number of hydrogen-bond donors (Lipinski definition) is 0. The fourth-order valence-electron chi connectivity index (χ4n) is 3.71. The molecule has 4 unspecified atom stereocenters. The van der Waals surface area contributed by atoms with Crippen molar-refractivity contribution in [2.75, 3.05) is 0 Å². The second-order valence-electron chi connectivity index (χ2n) is 6.81. The van der Waals surface area contributed by atoms with Crippen molar-refractivity contribution in [1.82, 2.24) is 0 Å². The van der Waals surface area contributed by atoms with Gasteiger partial charge >= 0.3 is 17.9 Å². The fourth-order valence-corrected chi connectivity index (χ4v) is 7.77. The predicted octanol–water partition coefficient (Wildman–Crippen LogP) is 2.71. The Morgan fingerprint density at radius 2 is 2.04 bits per heavy atom. The average Bonchev–Trinajstić information content (AvgIpc) is 3.09. The molecule has 4 aliphatic rings. The van der Waals surface area contributed by atoms with E-state index in [1.807, 2.05) is 0 Å². The minimum atomic E-state index is -3.45. The quantitative estimate of drug-likeness (QED) is 0.683. The van der Waals surface area contributed by atoms with Gasteiger partial charge < -0.3 is 14.2 Å². The van der Waals surface area contributed by atoms with Gasteiger partial charge in [-0.1, -0.05) is 0 Å². The van der Waals surface area contributed by atoms with Crippen molar-refractivity contribution in [3.63, 3.8) is 0 Å². The van der Waals surface area contributed by atoms with E-state index in [0.717, 1.165) is 12.8 Å². The van der Waals surface area contributed by atoms with Gasteiger partial charge in [-0.25, -0.2) is 4.79 Å². The normalized spacial score (nSPS) is 44.3. The van der Waals surface area contributed by atoms with Crippen LogP contribution in [0.2, 0.25) is 0 Å². The topological polar surface area (TPSA) is 61.8 Å². The van der Waals surface area contributed by atoms with Gasteiger partial charge in [-0.05, 0) is 25.7 Å². The molecule has 9 heteroatoms. The number of halogens is 2. The van der Waals surface area contributed by atoms with Gasteiger partial charge in [-0.2, -0.15) is 8.78 Å². The molecule has 134 valence electrons. The molecule has 0 radical (unpaired) electrons. The molecule has 24 heavy (non-hydrogen) atoms. The first-order valence-corrected chi connectivity index (χ1v) is 9.81. The van der Waals surface area contributed by atoms with Gasteiger partial charge in [-0.15, -0.1) is 23.5 Å². The summed E-state index contributed by atoms with van der Waals surface area (Å²) < 4.78 is 42.1. The highest BCUT2D eigenvalue weighted by Gasteiger charge is 2.61. The Labute approximate surface area is 146 Å². The molecule has 1 saturated carbocycles. The summed E-state index contributed by atoms with van der Waals surface area (Å²) in [4.78, 5) is 22.7. The van der Waals surface area contributed by atoms with Crippen molar-refractivity contribution in [2.45, 2.75) is 78.0 Å². The standard InChI is InChI=1S/C15H18F2O5S2/c1-14(16,17)13(19)20-7-2-4-15(5-3-7)23-11-10-8(6-9(18)22-10)21-12(11)24-15/h7-8,10-12H,2-6H2,1H3. The Bertz CT molecular complexity index is 559. The van der Waals surface area contributed by atoms with Crippen LogP contribution in [0.1, 0.15) is 39.0 Å². The van der Waals surface area contributed by atoms with Gasteiger partial charge in [0.05, 0.1) is 15.7 Å². The van der Waals surface area contributed by atoms with E-state index in [1.165, 1.54) is 0 Å². The lowest BCUT2D eigenvalue weighted by atomic mass is 9.96. The van der Waals surface area contributed by atoms with E-state index in [-0.39, 0.29) is 32.9 Å². The number of carbonyl (C=O) groups is 2. The van der Waals surface area contributed by atoms with Crippen LogP contribution in [-0.4, -0.2) is 50.9 Å². The first-order valence-electron chi connectivity index (χ1n) is 8.05. The summed E-state index contributed by atoms with van der Waals surface area (Å²) in [6.45, 7) is 0.556. The van der Waals surface area contributed by atoms with E-state index in [0.29, 0.717) is 26.2 Å². The second-order valence-corrected chi connectivity index (χ2v) is 10.1. The summed E-state index contributed by atoms with van der Waals surface area (Å²) in [6.07, 6.45) is 2.23. The zero-order valence-corrected chi connectivity index (χ0v) is 14.7. The van der Waals surface area contributed by atoms with Crippen LogP contribution in [0.4, 0.5) is 8.78 Å². The molecule has 0 bridgehead atoms. The number of alkyl halides is 2. The molecular weight excluding hydrogens is 362 g/mol. The summed E-state index contributed by atoms with van der Waals surface area (Å²) in [6, 6.07) is 0. The Hall–Kier alpha value is -0.540. The monoisotopic (exact) mass is 380 g/mol. The highest BCUT2D eigenvalue weighted by Crippen LogP contribution is 2.63. The Morgan fingerprint density at radius 1 is 1.33 bits per heavy atom. The Morgan fingerprint density at radius 3 is 2.71 bits per heavy atom. The van der Waals surface area contributed by atoms with Gasteiger partial charge in [0, 0.05) is 6.92 Å². The zero-order chi connectivity index (χ0) is 17.1. The average molecular weight is 380 g/mol. The van der Waals surface area contributed by atoms with Crippen LogP contribution < -0.4 is 0 Å². The van der Waals surface area contributed by atoms with Crippen molar-refractivity contribution >= 4 is 35.5 Å². The van der Waals surface area contributed by atoms with Gasteiger partial charge in [0.15, 0.2) is 0 Å². The third-order valence-electron chi connectivity index (χ3n) is 4.91. The predicted molar refractivity (Wildman–Crippen MR) is 83.8 cm³/mol. The maximum Gasteiger partial charge on any atom is 0.376 e. The molecule has 1 aliphatic carbocycles. The van der Waals surface area contributed by atoms with Crippen molar-refractivity contribution in [2.24, 2.45) is 0 Å². The Kier molecular flexibility index (Phi) is 4.04. The van der Waals surface area contributed by atoms with Gasteiger partial charge in [0.25, 0.3) is 0 Å². The van der Waals surface area contributed by atoms with Crippen LogP contribution in [0.15, 0.2) is 0 Å². The molecule has 3 heterocycles. The molecule has 0 amide bonds. The van der Waals surface area contributed by atoms with Crippen LogP contribution in [0.5, 0.6) is 0 Å². The lowest BCUT2D eigenvalue weighted by molar-refractivity contribution is -0.176. The molecule has 4 fully saturated rings. The summed E-state index contributed by atoms with van der Waals surface area (Å²) in [5.41, 5.74) is 0.0113. The maximum absolute atomic E-state index is 12.9. The van der Waals surface area contributed by atoms with Crippen molar-refractivity contribution < 1.29 is 32.6 Å². The minimum absolute atomic E-state index is 0.0113. The number of carbonyl (C=O) groups excluding carboxylic acids is 2. The van der Waals surface area contributed by atoms with E-state index in [4.69, 9.17) is 14.2 Å². The number of fused-ring (bicyclic) bond motifs is 3. The van der Waals surface area contributed by atoms with Gasteiger partial charge in [-0.3, -0.25) is 4.79 Å². The van der Waals surface area contributed by atoms with Crippen molar-refractivity contribution in [1.29, 1.82) is 0 Å². The molecule has 4 rings (SSSR count).